The predicted octanol–water partition coefficient (Wildman–Crippen LogP) is 0.0984. The normalized spacial score (nSPS) is 25.4. The lowest BCUT2D eigenvalue weighted by Gasteiger charge is -2.11. The molecule has 0 bridgehead atoms. The quantitative estimate of drug-likeness (QED) is 0.409. The van der Waals surface area contributed by atoms with Gasteiger partial charge in [-0.2, -0.15) is 0 Å². The summed E-state index contributed by atoms with van der Waals surface area (Å²) in [5.41, 5.74) is 0. The average Bonchev–Trinajstić information content (AvgIpc) is 2.50. The van der Waals surface area contributed by atoms with E-state index in [0.717, 1.165) is 15.3 Å². The van der Waals surface area contributed by atoms with E-state index >= 15 is 0 Å². The minimum absolute atomic E-state index is 0.594. The summed E-state index contributed by atoms with van der Waals surface area (Å²) in [6, 6.07) is 0. The molecule has 2 atom stereocenters. The molecule has 1 rings (SSSR count). The molecule has 0 aliphatic carbocycles. The van der Waals surface area contributed by atoms with Gasteiger partial charge in [0.2, 0.25) is 0 Å². The van der Waals surface area contributed by atoms with Gasteiger partial charge in [0, 0.05) is 6.54 Å². The first kappa shape index (κ1) is 9.40. The summed E-state index contributed by atoms with van der Waals surface area (Å²) in [4.78, 5) is 0. The van der Waals surface area contributed by atoms with Gasteiger partial charge in [-0.15, -0.1) is 0 Å². The second-order valence-corrected chi connectivity index (χ2v) is 4.13. The Bertz CT molecular complexity index is 93.7. The van der Waals surface area contributed by atoms with Gasteiger partial charge >= 0.3 is 0 Å². The van der Waals surface area contributed by atoms with E-state index in [1.54, 1.807) is 0 Å². The Balaban J connectivity index is 1.86. The molecule has 3 nitrogen and oxygen atoms in total. The van der Waals surface area contributed by atoms with Crippen LogP contribution in [0.25, 0.3) is 0 Å². The van der Waals surface area contributed by atoms with Crippen molar-refractivity contribution in [2.75, 3.05) is 26.3 Å². The highest BCUT2D eigenvalue weighted by molar-refractivity contribution is 7.35. The van der Waals surface area contributed by atoms with Gasteiger partial charge in [-0.3, -0.25) is 0 Å². The largest absolute Gasteiger partial charge is 0.302 e. The molecule has 1 saturated heterocycles. The van der Waals surface area contributed by atoms with Gasteiger partial charge in [0.25, 0.3) is 0 Å². The third kappa shape index (κ3) is 4.02. The standard InChI is InChI=1S/C7H18N3P/c1-8-11-6-5-10-7-3-2-4-9-7/h7-11H,2-6H2,1H3. The van der Waals surface area contributed by atoms with Crippen molar-refractivity contribution in [1.29, 1.82) is 0 Å². The van der Waals surface area contributed by atoms with Crippen molar-refractivity contribution in [2.24, 2.45) is 0 Å². The van der Waals surface area contributed by atoms with E-state index in [0.29, 0.717) is 6.17 Å². The Morgan fingerprint density at radius 3 is 3.18 bits per heavy atom. The van der Waals surface area contributed by atoms with Crippen LogP contribution < -0.4 is 15.7 Å². The first-order valence-electron chi connectivity index (χ1n) is 4.30. The molecule has 1 aliphatic rings. The topological polar surface area (TPSA) is 36.1 Å². The molecular formula is C7H18N3P. The van der Waals surface area contributed by atoms with Crippen LogP contribution in [0.4, 0.5) is 0 Å². The van der Waals surface area contributed by atoms with Gasteiger partial charge in [0.15, 0.2) is 0 Å². The monoisotopic (exact) mass is 175 g/mol. The van der Waals surface area contributed by atoms with Gasteiger partial charge in [-0.25, -0.2) is 0 Å². The molecule has 4 heteroatoms. The zero-order chi connectivity index (χ0) is 7.94. The number of hydrogen-bond acceptors (Lipinski definition) is 3. The highest BCUT2D eigenvalue weighted by Gasteiger charge is 2.11. The van der Waals surface area contributed by atoms with Crippen LogP contribution in [0.2, 0.25) is 0 Å². The average molecular weight is 175 g/mol. The number of nitrogens with one attached hydrogen (secondary N) is 3. The summed E-state index contributed by atoms with van der Waals surface area (Å²) >= 11 is 0. The van der Waals surface area contributed by atoms with Crippen molar-refractivity contribution >= 4 is 8.73 Å². The summed E-state index contributed by atoms with van der Waals surface area (Å²) < 4.78 is 0. The Morgan fingerprint density at radius 2 is 2.55 bits per heavy atom. The minimum Gasteiger partial charge on any atom is -0.302 e. The van der Waals surface area contributed by atoms with Crippen LogP contribution in [0.5, 0.6) is 0 Å². The third-order valence-electron chi connectivity index (χ3n) is 1.88. The molecule has 0 radical (unpaired) electrons. The fraction of sp³-hybridized carbons (Fsp3) is 1.00. The van der Waals surface area contributed by atoms with Gasteiger partial charge in [-0.1, -0.05) is 8.73 Å². The first-order chi connectivity index (χ1) is 5.43. The van der Waals surface area contributed by atoms with Gasteiger partial charge < -0.3 is 15.7 Å². The lowest BCUT2D eigenvalue weighted by atomic mass is 10.3. The molecule has 66 valence electrons. The summed E-state index contributed by atoms with van der Waals surface area (Å²) in [7, 11) is 2.90. The smallest absolute Gasteiger partial charge is 0.0572 e. The van der Waals surface area contributed by atoms with Gasteiger partial charge in [0.1, 0.15) is 0 Å². The van der Waals surface area contributed by atoms with Crippen LogP contribution in [0.15, 0.2) is 0 Å². The van der Waals surface area contributed by atoms with Crippen LogP contribution in [-0.4, -0.2) is 32.5 Å². The van der Waals surface area contributed by atoms with E-state index in [4.69, 9.17) is 0 Å². The first-order valence-corrected chi connectivity index (χ1v) is 5.50. The summed E-state index contributed by atoms with van der Waals surface area (Å²) in [6.45, 7) is 2.32. The molecule has 3 N–H and O–H groups in total. The Kier molecular flexibility index (Phi) is 5.04. The predicted molar refractivity (Wildman–Crippen MR) is 51.3 cm³/mol. The maximum atomic E-state index is 3.47. The van der Waals surface area contributed by atoms with Gasteiger partial charge in [0.05, 0.1) is 6.17 Å². The van der Waals surface area contributed by atoms with Gasteiger partial charge in [-0.05, 0) is 32.6 Å². The lowest BCUT2D eigenvalue weighted by molar-refractivity contribution is 0.499. The van der Waals surface area contributed by atoms with Crippen LogP contribution in [0.3, 0.4) is 0 Å². The molecule has 1 aliphatic heterocycles. The van der Waals surface area contributed by atoms with Crippen molar-refractivity contribution in [3.05, 3.63) is 0 Å². The minimum atomic E-state index is 0.594. The molecular weight excluding hydrogens is 157 g/mol. The van der Waals surface area contributed by atoms with Crippen LogP contribution in [0, 0.1) is 0 Å². The molecule has 1 heterocycles. The molecule has 0 aromatic carbocycles. The lowest BCUT2D eigenvalue weighted by Crippen LogP contribution is -2.38. The molecule has 0 saturated carbocycles. The number of rotatable bonds is 5. The van der Waals surface area contributed by atoms with Crippen molar-refractivity contribution in [3.63, 3.8) is 0 Å². The second-order valence-electron chi connectivity index (χ2n) is 2.78. The highest BCUT2D eigenvalue weighted by atomic mass is 31.1. The summed E-state index contributed by atoms with van der Waals surface area (Å²) in [6.07, 6.45) is 4.46. The van der Waals surface area contributed by atoms with Crippen molar-refractivity contribution < 1.29 is 0 Å². The molecule has 0 spiro atoms. The fourth-order valence-corrected chi connectivity index (χ4v) is 1.81. The molecule has 1 fully saturated rings. The summed E-state index contributed by atoms with van der Waals surface area (Å²) in [5.74, 6) is 0. The number of hydrogen-bond donors (Lipinski definition) is 3. The van der Waals surface area contributed by atoms with E-state index < -0.39 is 0 Å². The van der Waals surface area contributed by atoms with E-state index in [1.807, 2.05) is 7.05 Å². The molecule has 2 unspecified atom stereocenters. The highest BCUT2D eigenvalue weighted by Crippen LogP contribution is 2.02. The zero-order valence-electron chi connectivity index (χ0n) is 7.11. The van der Waals surface area contributed by atoms with E-state index in [1.165, 1.54) is 25.5 Å². The van der Waals surface area contributed by atoms with Crippen molar-refractivity contribution in [2.45, 2.75) is 19.0 Å². The Labute approximate surface area is 70.5 Å². The second kappa shape index (κ2) is 5.90. The van der Waals surface area contributed by atoms with E-state index in [-0.39, 0.29) is 0 Å². The maximum absolute atomic E-state index is 3.47. The summed E-state index contributed by atoms with van der Waals surface area (Å²) in [5, 5.41) is 10.0. The SMILES string of the molecule is CNPCCNC1CCCN1. The van der Waals surface area contributed by atoms with E-state index in [9.17, 15) is 0 Å². The molecule has 11 heavy (non-hydrogen) atoms. The van der Waals surface area contributed by atoms with E-state index in [2.05, 4.69) is 15.7 Å². The molecule has 0 aromatic heterocycles. The third-order valence-corrected chi connectivity index (χ3v) is 2.73. The Morgan fingerprint density at radius 1 is 1.64 bits per heavy atom. The zero-order valence-corrected chi connectivity index (χ0v) is 8.11. The van der Waals surface area contributed by atoms with Crippen LogP contribution in [-0.2, 0) is 0 Å². The molecule has 0 aromatic rings. The van der Waals surface area contributed by atoms with Crippen LogP contribution in [0.1, 0.15) is 12.8 Å². The maximum Gasteiger partial charge on any atom is 0.0572 e. The van der Waals surface area contributed by atoms with Crippen molar-refractivity contribution in [1.82, 2.24) is 15.7 Å². The van der Waals surface area contributed by atoms with Crippen molar-refractivity contribution in [3.8, 4) is 0 Å². The Hall–Kier alpha value is 0.310. The van der Waals surface area contributed by atoms with Crippen LogP contribution >= 0.6 is 8.73 Å². The molecule has 0 amide bonds. The fourth-order valence-electron chi connectivity index (χ4n) is 1.29.